The molecule has 19 heavy (non-hydrogen) atoms. The highest BCUT2D eigenvalue weighted by molar-refractivity contribution is 5.74. The minimum absolute atomic E-state index is 0.0126. The number of carbonyl (C=O) groups is 1. The van der Waals surface area contributed by atoms with E-state index >= 15 is 0 Å². The average Bonchev–Trinajstić information content (AvgIpc) is 2.80. The molecule has 1 aromatic rings. The van der Waals surface area contributed by atoms with Gasteiger partial charge in [0.25, 0.3) is 0 Å². The van der Waals surface area contributed by atoms with Crippen LogP contribution in [-0.4, -0.2) is 47.4 Å². The van der Waals surface area contributed by atoms with E-state index in [1.165, 1.54) is 0 Å². The molecule has 108 valence electrons. The topological polar surface area (TPSA) is 80.5 Å². The summed E-state index contributed by atoms with van der Waals surface area (Å²) in [5, 5.41) is 6.71. The monoisotopic (exact) mass is 270 g/mol. The lowest BCUT2D eigenvalue weighted by Gasteiger charge is -2.23. The van der Waals surface area contributed by atoms with Crippen molar-refractivity contribution in [3.8, 4) is 0 Å². The van der Waals surface area contributed by atoms with Gasteiger partial charge in [0.2, 0.25) is 5.89 Å². The van der Waals surface area contributed by atoms with Gasteiger partial charge < -0.3 is 19.5 Å². The summed E-state index contributed by atoms with van der Waals surface area (Å²) in [5.74, 6) is 1.01. The zero-order valence-electron chi connectivity index (χ0n) is 12.0. The van der Waals surface area contributed by atoms with E-state index in [0.29, 0.717) is 31.4 Å². The number of rotatable bonds is 7. The van der Waals surface area contributed by atoms with Crippen molar-refractivity contribution < 1.29 is 14.1 Å². The van der Waals surface area contributed by atoms with Crippen molar-refractivity contribution in [1.29, 1.82) is 0 Å². The molecular formula is C12H22N4O3. The number of aryl methyl sites for hydroxylation is 1. The van der Waals surface area contributed by atoms with E-state index < -0.39 is 0 Å². The van der Waals surface area contributed by atoms with Gasteiger partial charge in [-0.1, -0.05) is 12.1 Å². The van der Waals surface area contributed by atoms with E-state index in [-0.39, 0.29) is 12.1 Å². The lowest BCUT2D eigenvalue weighted by Crippen LogP contribution is -2.46. The molecule has 0 aliphatic carbocycles. The van der Waals surface area contributed by atoms with E-state index in [1.54, 1.807) is 18.9 Å². The highest BCUT2D eigenvalue weighted by Gasteiger charge is 2.17. The Bertz CT molecular complexity index is 394. The highest BCUT2D eigenvalue weighted by Crippen LogP contribution is 2.02. The maximum Gasteiger partial charge on any atom is 0.318 e. The van der Waals surface area contributed by atoms with E-state index in [2.05, 4.69) is 15.5 Å². The van der Waals surface area contributed by atoms with E-state index in [1.807, 2.05) is 13.8 Å². The molecule has 0 aliphatic heterocycles. The van der Waals surface area contributed by atoms with Gasteiger partial charge in [-0.25, -0.2) is 4.79 Å². The Morgan fingerprint density at radius 3 is 2.74 bits per heavy atom. The maximum atomic E-state index is 12.1. The van der Waals surface area contributed by atoms with Crippen LogP contribution >= 0.6 is 0 Å². The summed E-state index contributed by atoms with van der Waals surface area (Å²) < 4.78 is 9.95. The van der Waals surface area contributed by atoms with E-state index in [0.717, 1.165) is 6.42 Å². The lowest BCUT2D eigenvalue weighted by molar-refractivity contribution is 0.152. The fraction of sp³-hybridized carbons (Fsp3) is 0.750. The molecule has 7 nitrogen and oxygen atoms in total. The van der Waals surface area contributed by atoms with Gasteiger partial charge in [0, 0.05) is 20.6 Å². The molecule has 0 radical (unpaired) electrons. The molecule has 2 amide bonds. The zero-order valence-corrected chi connectivity index (χ0v) is 12.0. The Balaban J connectivity index is 2.56. The van der Waals surface area contributed by atoms with Gasteiger partial charge in [0.05, 0.1) is 19.2 Å². The van der Waals surface area contributed by atoms with Crippen molar-refractivity contribution in [2.45, 2.75) is 39.8 Å². The molecule has 0 saturated heterocycles. The lowest BCUT2D eigenvalue weighted by atomic mass is 10.2. The molecule has 1 rings (SSSR count). The first-order valence-corrected chi connectivity index (χ1v) is 6.44. The number of carbonyl (C=O) groups excluding carboxylic acids is 1. The first kappa shape index (κ1) is 15.4. The fourth-order valence-electron chi connectivity index (χ4n) is 1.63. The van der Waals surface area contributed by atoms with Crippen LogP contribution in [-0.2, 0) is 11.3 Å². The smallest absolute Gasteiger partial charge is 0.318 e. The van der Waals surface area contributed by atoms with Gasteiger partial charge in [-0.05, 0) is 13.3 Å². The highest BCUT2D eigenvalue weighted by atomic mass is 16.5. The SMILES string of the molecule is CC[C@@H](COC)NC(=O)N(CC)Cc1noc(C)n1. The Labute approximate surface area is 113 Å². The molecule has 1 atom stereocenters. The van der Waals surface area contributed by atoms with Crippen molar-refractivity contribution in [2.24, 2.45) is 0 Å². The van der Waals surface area contributed by atoms with Crippen molar-refractivity contribution in [1.82, 2.24) is 20.4 Å². The van der Waals surface area contributed by atoms with E-state index in [9.17, 15) is 4.79 Å². The number of nitrogens with one attached hydrogen (secondary N) is 1. The van der Waals surface area contributed by atoms with Crippen molar-refractivity contribution >= 4 is 6.03 Å². The quantitative estimate of drug-likeness (QED) is 0.808. The first-order valence-electron chi connectivity index (χ1n) is 6.44. The second-order valence-corrected chi connectivity index (χ2v) is 4.25. The standard InChI is InChI=1S/C12H22N4O3/c1-5-10(8-18-4)14-12(17)16(6-2)7-11-13-9(3)19-15-11/h10H,5-8H2,1-4H3,(H,14,17)/t10-/m0/s1. The van der Waals surface area contributed by atoms with Gasteiger partial charge in [-0.15, -0.1) is 0 Å². The number of ether oxygens (including phenoxy) is 1. The number of amides is 2. The van der Waals surface area contributed by atoms with Crippen molar-refractivity contribution in [2.75, 3.05) is 20.3 Å². The Kier molecular flexibility index (Phi) is 6.27. The first-order chi connectivity index (χ1) is 9.10. The van der Waals surface area contributed by atoms with Crippen LogP contribution in [0.2, 0.25) is 0 Å². The largest absolute Gasteiger partial charge is 0.383 e. The summed E-state index contributed by atoms with van der Waals surface area (Å²) in [5.41, 5.74) is 0. The molecule has 1 N–H and O–H groups in total. The Morgan fingerprint density at radius 2 is 2.26 bits per heavy atom. The molecule has 0 unspecified atom stereocenters. The van der Waals surface area contributed by atoms with Gasteiger partial charge >= 0.3 is 6.03 Å². The molecule has 0 fully saturated rings. The van der Waals surface area contributed by atoms with Crippen LogP contribution in [0.3, 0.4) is 0 Å². The number of nitrogens with zero attached hydrogens (tertiary/aromatic N) is 3. The van der Waals surface area contributed by atoms with Crippen LogP contribution < -0.4 is 5.32 Å². The van der Waals surface area contributed by atoms with Crippen molar-refractivity contribution in [3.05, 3.63) is 11.7 Å². The summed E-state index contributed by atoms with van der Waals surface area (Å²) in [6.07, 6.45) is 0.818. The molecule has 1 aromatic heterocycles. The van der Waals surface area contributed by atoms with Crippen LogP contribution in [0.5, 0.6) is 0 Å². The third-order valence-corrected chi connectivity index (χ3v) is 2.76. The number of aromatic nitrogens is 2. The average molecular weight is 270 g/mol. The summed E-state index contributed by atoms with van der Waals surface area (Å²) in [4.78, 5) is 17.8. The molecule has 0 bridgehead atoms. The Morgan fingerprint density at radius 1 is 1.53 bits per heavy atom. The van der Waals surface area contributed by atoms with Gasteiger partial charge in [-0.2, -0.15) is 4.98 Å². The second kappa shape index (κ2) is 7.73. The van der Waals surface area contributed by atoms with Crippen LogP contribution in [0.25, 0.3) is 0 Å². The summed E-state index contributed by atoms with van der Waals surface area (Å²) in [6.45, 7) is 7.04. The molecule has 0 spiro atoms. The van der Waals surface area contributed by atoms with Crippen LogP contribution in [0, 0.1) is 6.92 Å². The molecule has 1 heterocycles. The predicted octanol–water partition coefficient (Wildman–Crippen LogP) is 1.33. The van der Waals surface area contributed by atoms with Gasteiger partial charge in [0.15, 0.2) is 5.82 Å². The fourth-order valence-corrected chi connectivity index (χ4v) is 1.63. The third-order valence-electron chi connectivity index (χ3n) is 2.76. The molecular weight excluding hydrogens is 248 g/mol. The summed E-state index contributed by atoms with van der Waals surface area (Å²) in [6, 6.07) is -0.132. The number of urea groups is 1. The van der Waals surface area contributed by atoms with Crippen LogP contribution in [0.15, 0.2) is 4.52 Å². The maximum absolute atomic E-state index is 12.1. The number of hydrogen-bond donors (Lipinski definition) is 1. The van der Waals surface area contributed by atoms with Gasteiger partial charge in [0.1, 0.15) is 0 Å². The second-order valence-electron chi connectivity index (χ2n) is 4.25. The van der Waals surface area contributed by atoms with E-state index in [4.69, 9.17) is 9.26 Å². The zero-order chi connectivity index (χ0) is 14.3. The molecule has 0 saturated carbocycles. The summed E-state index contributed by atoms with van der Waals surface area (Å²) in [7, 11) is 1.62. The Hall–Kier alpha value is -1.63. The molecule has 0 aromatic carbocycles. The van der Waals surface area contributed by atoms with Gasteiger partial charge in [-0.3, -0.25) is 0 Å². The van der Waals surface area contributed by atoms with Crippen LogP contribution in [0.1, 0.15) is 32.0 Å². The third kappa shape index (κ3) is 4.86. The number of methoxy groups -OCH3 is 1. The minimum Gasteiger partial charge on any atom is -0.383 e. The van der Waals surface area contributed by atoms with Crippen molar-refractivity contribution in [3.63, 3.8) is 0 Å². The molecule has 7 heteroatoms. The summed E-state index contributed by atoms with van der Waals surface area (Å²) >= 11 is 0. The predicted molar refractivity (Wildman–Crippen MR) is 69.6 cm³/mol. The minimum atomic E-state index is -0.145. The normalized spacial score (nSPS) is 12.2. The molecule has 0 aliphatic rings. The number of hydrogen-bond acceptors (Lipinski definition) is 5. The van der Waals surface area contributed by atoms with Crippen LogP contribution in [0.4, 0.5) is 4.79 Å².